The van der Waals surface area contributed by atoms with Crippen LogP contribution in [0.2, 0.25) is 15.1 Å². The van der Waals surface area contributed by atoms with Crippen molar-refractivity contribution in [2.24, 2.45) is 0 Å². The van der Waals surface area contributed by atoms with Gasteiger partial charge in [0, 0.05) is 15.1 Å². The predicted octanol–water partition coefficient (Wildman–Crippen LogP) is 5.38. The van der Waals surface area contributed by atoms with Gasteiger partial charge in [-0.25, -0.2) is 4.68 Å². The summed E-state index contributed by atoms with van der Waals surface area (Å²) in [5, 5.41) is 9.70. The molecular formula is C17H13Cl3N4. The van der Waals surface area contributed by atoms with E-state index in [1.165, 1.54) is 6.33 Å². The fourth-order valence-corrected chi connectivity index (χ4v) is 3.91. The lowest BCUT2D eigenvalue weighted by Crippen LogP contribution is -2.28. The van der Waals surface area contributed by atoms with Crippen LogP contribution in [0.4, 0.5) is 5.95 Å². The van der Waals surface area contributed by atoms with Crippen LogP contribution in [0, 0.1) is 0 Å². The molecule has 0 spiro atoms. The number of fused-ring (bicyclic) bond motifs is 1. The summed E-state index contributed by atoms with van der Waals surface area (Å²) in [7, 11) is 0. The van der Waals surface area contributed by atoms with Gasteiger partial charge in [0.05, 0.1) is 12.1 Å². The average Bonchev–Trinajstić information content (AvgIpc) is 3.03. The molecule has 4 nitrogen and oxygen atoms in total. The SMILES string of the molecule is Clc1ccc(C2CC(c3ccccc3Cl)Nc3ncnn32)c(Cl)c1. The zero-order chi connectivity index (χ0) is 16.7. The van der Waals surface area contributed by atoms with Gasteiger partial charge >= 0.3 is 0 Å². The summed E-state index contributed by atoms with van der Waals surface area (Å²) in [6.45, 7) is 0. The third kappa shape index (κ3) is 2.75. The topological polar surface area (TPSA) is 42.7 Å². The minimum Gasteiger partial charge on any atom is -0.347 e. The van der Waals surface area contributed by atoms with Gasteiger partial charge in [0.25, 0.3) is 0 Å². The number of benzene rings is 2. The van der Waals surface area contributed by atoms with E-state index in [9.17, 15) is 0 Å². The van der Waals surface area contributed by atoms with Crippen LogP contribution in [0.5, 0.6) is 0 Å². The molecule has 1 aliphatic rings. The van der Waals surface area contributed by atoms with E-state index in [2.05, 4.69) is 15.4 Å². The smallest absolute Gasteiger partial charge is 0.222 e. The molecule has 24 heavy (non-hydrogen) atoms. The van der Waals surface area contributed by atoms with E-state index in [1.807, 2.05) is 41.1 Å². The van der Waals surface area contributed by atoms with E-state index in [1.54, 1.807) is 6.07 Å². The van der Waals surface area contributed by atoms with Gasteiger partial charge in [0.1, 0.15) is 6.33 Å². The fourth-order valence-electron chi connectivity index (χ4n) is 3.11. The van der Waals surface area contributed by atoms with Crippen molar-refractivity contribution in [1.29, 1.82) is 0 Å². The first-order chi connectivity index (χ1) is 11.6. The molecule has 7 heteroatoms. The molecule has 0 radical (unpaired) electrons. The van der Waals surface area contributed by atoms with Crippen LogP contribution in [-0.2, 0) is 0 Å². The molecule has 2 aromatic carbocycles. The Kier molecular flexibility index (Phi) is 4.12. The molecule has 2 unspecified atom stereocenters. The molecule has 0 fully saturated rings. The van der Waals surface area contributed by atoms with Gasteiger partial charge in [-0.05, 0) is 35.7 Å². The van der Waals surface area contributed by atoms with Crippen LogP contribution < -0.4 is 5.32 Å². The molecule has 0 saturated carbocycles. The van der Waals surface area contributed by atoms with Crippen molar-refractivity contribution in [1.82, 2.24) is 14.8 Å². The molecule has 1 aromatic heterocycles. The monoisotopic (exact) mass is 378 g/mol. The van der Waals surface area contributed by atoms with Crippen molar-refractivity contribution in [3.63, 3.8) is 0 Å². The number of nitrogens with one attached hydrogen (secondary N) is 1. The van der Waals surface area contributed by atoms with E-state index in [4.69, 9.17) is 34.8 Å². The second-order valence-electron chi connectivity index (χ2n) is 5.66. The summed E-state index contributed by atoms with van der Waals surface area (Å²) >= 11 is 18.8. The quantitative estimate of drug-likeness (QED) is 0.649. The molecule has 122 valence electrons. The van der Waals surface area contributed by atoms with Gasteiger partial charge in [-0.3, -0.25) is 0 Å². The molecule has 1 N–H and O–H groups in total. The van der Waals surface area contributed by atoms with E-state index in [0.717, 1.165) is 22.6 Å². The highest BCUT2D eigenvalue weighted by molar-refractivity contribution is 6.35. The lowest BCUT2D eigenvalue weighted by molar-refractivity contribution is 0.431. The average molecular weight is 380 g/mol. The normalized spacial score (nSPS) is 19.6. The highest BCUT2D eigenvalue weighted by atomic mass is 35.5. The van der Waals surface area contributed by atoms with Gasteiger partial charge in [-0.15, -0.1) is 0 Å². The standard InChI is InChI=1S/C17H13Cl3N4/c18-10-5-6-12(14(20)7-10)16-8-15(11-3-1-2-4-13(11)19)23-17-21-9-22-24(16)17/h1-7,9,15-16H,8H2,(H,21,22,23). The highest BCUT2D eigenvalue weighted by Crippen LogP contribution is 2.41. The molecule has 0 saturated heterocycles. The van der Waals surface area contributed by atoms with Crippen molar-refractivity contribution >= 4 is 40.8 Å². The van der Waals surface area contributed by atoms with Crippen LogP contribution in [0.3, 0.4) is 0 Å². The Morgan fingerprint density at radius 1 is 1.00 bits per heavy atom. The maximum absolute atomic E-state index is 6.43. The van der Waals surface area contributed by atoms with Gasteiger partial charge in [-0.1, -0.05) is 59.1 Å². The van der Waals surface area contributed by atoms with Crippen molar-refractivity contribution in [3.8, 4) is 0 Å². The van der Waals surface area contributed by atoms with Crippen LogP contribution in [0.1, 0.15) is 29.6 Å². The summed E-state index contributed by atoms with van der Waals surface area (Å²) in [4.78, 5) is 4.31. The minimum atomic E-state index is -0.0465. The first-order valence-corrected chi connectivity index (χ1v) is 8.62. The second-order valence-corrected chi connectivity index (χ2v) is 6.91. The minimum absolute atomic E-state index is 0.0205. The molecule has 4 rings (SSSR count). The van der Waals surface area contributed by atoms with E-state index < -0.39 is 0 Å². The lowest BCUT2D eigenvalue weighted by Gasteiger charge is -2.32. The Hall–Kier alpha value is -1.75. The molecule has 2 atom stereocenters. The molecule has 0 aliphatic carbocycles. The van der Waals surface area contributed by atoms with Crippen LogP contribution in [0.15, 0.2) is 48.8 Å². The number of nitrogens with zero attached hydrogens (tertiary/aromatic N) is 3. The number of hydrogen-bond donors (Lipinski definition) is 1. The maximum Gasteiger partial charge on any atom is 0.222 e. The second kappa shape index (κ2) is 6.28. The third-order valence-corrected chi connectivity index (χ3v) is 5.14. The number of anilines is 1. The van der Waals surface area contributed by atoms with E-state index in [0.29, 0.717) is 16.0 Å². The summed E-state index contributed by atoms with van der Waals surface area (Å²) in [6, 6.07) is 13.3. The number of rotatable bonds is 2. The van der Waals surface area contributed by atoms with Gasteiger partial charge in [0.2, 0.25) is 5.95 Å². The Bertz CT molecular complexity index is 893. The summed E-state index contributed by atoms with van der Waals surface area (Å²) < 4.78 is 1.85. The van der Waals surface area contributed by atoms with Crippen LogP contribution in [-0.4, -0.2) is 14.8 Å². The molecule has 0 amide bonds. The van der Waals surface area contributed by atoms with Crippen molar-refractivity contribution in [2.45, 2.75) is 18.5 Å². The zero-order valence-corrected chi connectivity index (χ0v) is 14.7. The Morgan fingerprint density at radius 3 is 2.62 bits per heavy atom. The van der Waals surface area contributed by atoms with Crippen molar-refractivity contribution < 1.29 is 0 Å². The number of aromatic nitrogens is 3. The highest BCUT2D eigenvalue weighted by Gasteiger charge is 2.31. The van der Waals surface area contributed by atoms with E-state index in [-0.39, 0.29) is 12.1 Å². The van der Waals surface area contributed by atoms with Gasteiger partial charge < -0.3 is 5.32 Å². The number of hydrogen-bond acceptors (Lipinski definition) is 3. The predicted molar refractivity (Wildman–Crippen MR) is 97.1 cm³/mol. The molecule has 1 aliphatic heterocycles. The largest absolute Gasteiger partial charge is 0.347 e. The fraction of sp³-hybridized carbons (Fsp3) is 0.176. The molecular weight excluding hydrogens is 367 g/mol. The van der Waals surface area contributed by atoms with Crippen LogP contribution in [0.25, 0.3) is 0 Å². The summed E-state index contributed by atoms with van der Waals surface area (Å²) in [5.41, 5.74) is 2.00. The van der Waals surface area contributed by atoms with Crippen molar-refractivity contribution in [2.75, 3.05) is 5.32 Å². The Morgan fingerprint density at radius 2 is 1.83 bits per heavy atom. The van der Waals surface area contributed by atoms with Gasteiger partial charge in [-0.2, -0.15) is 10.1 Å². The van der Waals surface area contributed by atoms with E-state index >= 15 is 0 Å². The Balaban J connectivity index is 1.78. The molecule has 0 bridgehead atoms. The first kappa shape index (κ1) is 15.8. The maximum atomic E-state index is 6.43. The molecule has 3 aromatic rings. The Labute approximate surface area is 154 Å². The third-order valence-electron chi connectivity index (χ3n) is 4.23. The number of halogens is 3. The summed E-state index contributed by atoms with van der Waals surface area (Å²) in [5.74, 6) is 0.696. The molecule has 2 heterocycles. The van der Waals surface area contributed by atoms with Crippen LogP contribution >= 0.6 is 34.8 Å². The first-order valence-electron chi connectivity index (χ1n) is 7.49. The van der Waals surface area contributed by atoms with Crippen molar-refractivity contribution in [3.05, 3.63) is 75.0 Å². The lowest BCUT2D eigenvalue weighted by atomic mass is 9.93. The summed E-state index contributed by atoms with van der Waals surface area (Å²) in [6.07, 6.45) is 2.29. The van der Waals surface area contributed by atoms with Gasteiger partial charge in [0.15, 0.2) is 0 Å². The zero-order valence-electron chi connectivity index (χ0n) is 12.5.